The number of carboxylic acid groups (broad SMARTS) is 1. The minimum absolute atomic E-state index is 0.0705. The summed E-state index contributed by atoms with van der Waals surface area (Å²) >= 11 is 0. The van der Waals surface area contributed by atoms with Crippen molar-refractivity contribution < 1.29 is 14.7 Å². The molecule has 0 spiro atoms. The van der Waals surface area contributed by atoms with E-state index in [1.807, 2.05) is 13.0 Å². The van der Waals surface area contributed by atoms with E-state index >= 15 is 0 Å². The Morgan fingerprint density at radius 3 is 2.84 bits per heavy atom. The normalized spacial score (nSPS) is 10.0. The first-order valence-electron chi connectivity index (χ1n) is 6.11. The Hall–Kier alpha value is -2.11. The van der Waals surface area contributed by atoms with Crippen molar-refractivity contribution in [2.24, 2.45) is 0 Å². The van der Waals surface area contributed by atoms with Crippen molar-refractivity contribution in [3.63, 3.8) is 0 Å². The predicted octanol–water partition coefficient (Wildman–Crippen LogP) is 1.40. The van der Waals surface area contributed by atoms with Crippen molar-refractivity contribution in [3.8, 4) is 0 Å². The third kappa shape index (κ3) is 5.37. The zero-order valence-corrected chi connectivity index (χ0v) is 11.2. The second kappa shape index (κ2) is 7.35. The molecule has 1 aromatic heterocycles. The van der Waals surface area contributed by atoms with Crippen LogP contribution < -0.4 is 5.32 Å². The number of hydrogen-bond donors (Lipinski definition) is 2. The van der Waals surface area contributed by atoms with E-state index in [0.717, 1.165) is 11.1 Å². The van der Waals surface area contributed by atoms with Crippen LogP contribution >= 0.6 is 0 Å². The van der Waals surface area contributed by atoms with E-state index in [-0.39, 0.29) is 12.5 Å². The highest BCUT2D eigenvalue weighted by Crippen LogP contribution is 2.04. The molecule has 6 heteroatoms. The Labute approximate surface area is 112 Å². The van der Waals surface area contributed by atoms with Gasteiger partial charge in [0.2, 0.25) is 0 Å². The summed E-state index contributed by atoms with van der Waals surface area (Å²) in [6.45, 7) is 2.80. The molecule has 104 valence electrons. The molecule has 0 aromatic carbocycles. The van der Waals surface area contributed by atoms with E-state index in [1.165, 1.54) is 4.90 Å². The fourth-order valence-electron chi connectivity index (χ4n) is 1.58. The van der Waals surface area contributed by atoms with Gasteiger partial charge in [-0.2, -0.15) is 0 Å². The van der Waals surface area contributed by atoms with Gasteiger partial charge in [0.05, 0.1) is 0 Å². The van der Waals surface area contributed by atoms with Crippen LogP contribution in [0.4, 0.5) is 4.79 Å². The van der Waals surface area contributed by atoms with Crippen molar-refractivity contribution in [1.29, 1.82) is 0 Å². The first kappa shape index (κ1) is 14.9. The molecule has 2 N–H and O–H groups in total. The summed E-state index contributed by atoms with van der Waals surface area (Å²) in [5.41, 5.74) is 2.04. The summed E-state index contributed by atoms with van der Waals surface area (Å²) in [5, 5.41) is 11.3. The maximum atomic E-state index is 11.8. The molecule has 1 aromatic rings. The molecule has 0 fully saturated rings. The number of aromatic nitrogens is 1. The molecule has 0 unspecified atom stereocenters. The molecule has 0 aliphatic carbocycles. The highest BCUT2D eigenvalue weighted by Gasteiger charge is 2.09. The molecule has 1 rings (SSSR count). The van der Waals surface area contributed by atoms with Gasteiger partial charge in [-0.25, -0.2) is 4.79 Å². The molecule has 0 bridgehead atoms. The molecule has 0 radical (unpaired) electrons. The topological polar surface area (TPSA) is 82.5 Å². The van der Waals surface area contributed by atoms with Crippen LogP contribution in [0.2, 0.25) is 0 Å². The molecule has 6 nitrogen and oxygen atoms in total. The fraction of sp³-hybridized carbons (Fsp3) is 0.462. The van der Waals surface area contributed by atoms with E-state index in [2.05, 4.69) is 10.3 Å². The zero-order valence-electron chi connectivity index (χ0n) is 11.2. The smallest absolute Gasteiger partial charge is 0.317 e. The van der Waals surface area contributed by atoms with Gasteiger partial charge in [-0.15, -0.1) is 0 Å². The second-order valence-electron chi connectivity index (χ2n) is 4.38. The quantitative estimate of drug-likeness (QED) is 0.814. The van der Waals surface area contributed by atoms with Crippen molar-refractivity contribution in [2.45, 2.75) is 26.3 Å². The molecular formula is C13H19N3O3. The number of carbonyl (C=O) groups is 2. The summed E-state index contributed by atoms with van der Waals surface area (Å²) in [6.07, 6.45) is 3.96. The maximum Gasteiger partial charge on any atom is 0.317 e. The lowest BCUT2D eigenvalue weighted by molar-refractivity contribution is -0.137. The molecule has 0 saturated carbocycles. The van der Waals surface area contributed by atoms with Crippen LogP contribution in [0.1, 0.15) is 24.0 Å². The van der Waals surface area contributed by atoms with Gasteiger partial charge in [0.15, 0.2) is 0 Å². The average Bonchev–Trinajstić information content (AvgIpc) is 2.36. The monoisotopic (exact) mass is 265 g/mol. The highest BCUT2D eigenvalue weighted by molar-refractivity contribution is 5.74. The lowest BCUT2D eigenvalue weighted by Gasteiger charge is -2.17. The Morgan fingerprint density at radius 2 is 2.21 bits per heavy atom. The summed E-state index contributed by atoms with van der Waals surface area (Å²) in [7, 11) is 1.65. The minimum atomic E-state index is -0.846. The summed E-state index contributed by atoms with van der Waals surface area (Å²) in [5.74, 6) is -0.846. The van der Waals surface area contributed by atoms with Crippen LogP contribution in [0, 0.1) is 6.92 Å². The van der Waals surface area contributed by atoms with E-state index in [9.17, 15) is 9.59 Å². The number of aliphatic carboxylic acids is 1. The maximum absolute atomic E-state index is 11.8. The number of carboxylic acids is 1. The Balaban J connectivity index is 2.34. The molecule has 0 aliphatic heterocycles. The summed E-state index contributed by atoms with van der Waals surface area (Å²) < 4.78 is 0. The van der Waals surface area contributed by atoms with Crippen molar-refractivity contribution >= 4 is 12.0 Å². The van der Waals surface area contributed by atoms with Gasteiger partial charge in [-0.1, -0.05) is 0 Å². The van der Waals surface area contributed by atoms with Crippen molar-refractivity contribution in [1.82, 2.24) is 15.2 Å². The number of amides is 2. The molecule has 2 amide bonds. The Bertz CT molecular complexity index is 449. The van der Waals surface area contributed by atoms with Gasteiger partial charge >= 0.3 is 12.0 Å². The zero-order chi connectivity index (χ0) is 14.3. The molecule has 0 atom stereocenters. The van der Waals surface area contributed by atoms with E-state index in [0.29, 0.717) is 19.5 Å². The number of pyridine rings is 1. The summed E-state index contributed by atoms with van der Waals surface area (Å²) in [4.78, 5) is 27.6. The van der Waals surface area contributed by atoms with Gasteiger partial charge in [-0.3, -0.25) is 9.78 Å². The van der Waals surface area contributed by atoms with Crippen molar-refractivity contribution in [3.05, 3.63) is 29.6 Å². The minimum Gasteiger partial charge on any atom is -0.481 e. The van der Waals surface area contributed by atoms with Gasteiger partial charge in [0.25, 0.3) is 0 Å². The van der Waals surface area contributed by atoms with Crippen molar-refractivity contribution in [2.75, 3.05) is 13.6 Å². The van der Waals surface area contributed by atoms with Crippen LogP contribution in [0.15, 0.2) is 18.5 Å². The molecule has 19 heavy (non-hydrogen) atoms. The number of urea groups is 1. The Kier molecular flexibility index (Phi) is 5.78. The molecule has 1 heterocycles. The predicted molar refractivity (Wildman–Crippen MR) is 70.7 cm³/mol. The molecule has 0 saturated heterocycles. The fourth-order valence-corrected chi connectivity index (χ4v) is 1.58. The number of hydrogen-bond acceptors (Lipinski definition) is 3. The van der Waals surface area contributed by atoms with Crippen LogP contribution in [-0.2, 0) is 11.3 Å². The standard InChI is InChI=1S/C13H19N3O3/c1-10-8-14-6-5-11(10)9-15-13(19)16(2)7-3-4-12(17)18/h5-6,8H,3-4,7,9H2,1-2H3,(H,15,19)(H,17,18). The van der Waals surface area contributed by atoms with Gasteiger partial charge in [0.1, 0.15) is 0 Å². The SMILES string of the molecule is Cc1cnccc1CNC(=O)N(C)CCCC(=O)O. The van der Waals surface area contributed by atoms with E-state index in [4.69, 9.17) is 5.11 Å². The average molecular weight is 265 g/mol. The first-order valence-corrected chi connectivity index (χ1v) is 6.11. The number of nitrogens with one attached hydrogen (secondary N) is 1. The lowest BCUT2D eigenvalue weighted by atomic mass is 10.1. The van der Waals surface area contributed by atoms with Crippen LogP contribution in [-0.4, -0.2) is 40.6 Å². The van der Waals surface area contributed by atoms with Gasteiger partial charge < -0.3 is 15.3 Å². The first-order chi connectivity index (χ1) is 9.00. The molecular weight excluding hydrogens is 246 g/mol. The molecule has 0 aliphatic rings. The number of rotatable bonds is 6. The largest absolute Gasteiger partial charge is 0.481 e. The summed E-state index contributed by atoms with van der Waals surface area (Å²) in [6, 6.07) is 1.65. The highest BCUT2D eigenvalue weighted by atomic mass is 16.4. The number of aryl methyl sites for hydroxylation is 1. The van der Waals surface area contributed by atoms with E-state index < -0.39 is 5.97 Å². The second-order valence-corrected chi connectivity index (χ2v) is 4.38. The van der Waals surface area contributed by atoms with Gasteiger partial charge in [-0.05, 0) is 30.5 Å². The lowest BCUT2D eigenvalue weighted by Crippen LogP contribution is -2.37. The van der Waals surface area contributed by atoms with Gasteiger partial charge in [0, 0.05) is 39.0 Å². The van der Waals surface area contributed by atoms with E-state index in [1.54, 1.807) is 19.4 Å². The van der Waals surface area contributed by atoms with Crippen LogP contribution in [0.25, 0.3) is 0 Å². The number of carbonyl (C=O) groups excluding carboxylic acids is 1. The third-order valence-electron chi connectivity index (χ3n) is 2.80. The van der Waals surface area contributed by atoms with Crippen LogP contribution in [0.5, 0.6) is 0 Å². The number of nitrogens with zero attached hydrogens (tertiary/aromatic N) is 2. The Morgan fingerprint density at radius 1 is 1.47 bits per heavy atom. The third-order valence-corrected chi connectivity index (χ3v) is 2.80. The van der Waals surface area contributed by atoms with Crippen LogP contribution in [0.3, 0.4) is 0 Å².